The fourth-order valence-electron chi connectivity index (χ4n) is 7.09. The van der Waals surface area contributed by atoms with Gasteiger partial charge in [0.2, 0.25) is 0 Å². The van der Waals surface area contributed by atoms with Gasteiger partial charge in [-0.25, -0.2) is 4.90 Å². The van der Waals surface area contributed by atoms with E-state index in [0.717, 1.165) is 34.6 Å². The van der Waals surface area contributed by atoms with Gasteiger partial charge in [0.05, 0.1) is 5.69 Å². The predicted octanol–water partition coefficient (Wildman–Crippen LogP) is 10.1. The Morgan fingerprint density at radius 3 is 1.32 bits per heavy atom. The number of anilines is 2. The number of para-hydroxylation sites is 2. The van der Waals surface area contributed by atoms with E-state index in [1.165, 1.54) is 43.3 Å². The summed E-state index contributed by atoms with van der Waals surface area (Å²) < 4.78 is 0. The molecule has 0 unspecified atom stereocenters. The summed E-state index contributed by atoms with van der Waals surface area (Å²) in [5.74, 6) is -0.547. The van der Waals surface area contributed by atoms with Crippen LogP contribution in [0.4, 0.5) is 11.4 Å². The Kier molecular flexibility index (Phi) is 6.78. The van der Waals surface area contributed by atoms with Gasteiger partial charge in [0.1, 0.15) is 0 Å². The first kappa shape index (κ1) is 27.6. The molecule has 4 heteroatoms. The summed E-state index contributed by atoms with van der Waals surface area (Å²) in [7, 11) is 0. The number of hydrogen-bond acceptors (Lipinski definition) is 3. The smallest absolute Gasteiger partial charge is 0.265 e. The van der Waals surface area contributed by atoms with E-state index in [9.17, 15) is 9.59 Å². The molecule has 0 saturated heterocycles. The van der Waals surface area contributed by atoms with Gasteiger partial charge in [0.15, 0.2) is 0 Å². The summed E-state index contributed by atoms with van der Waals surface area (Å²) >= 11 is 0. The Labute approximate surface area is 257 Å². The highest BCUT2D eigenvalue weighted by atomic mass is 16.2. The molecule has 2 aliphatic heterocycles. The number of carbonyl (C=O) groups excluding carboxylic acids is 2. The van der Waals surface area contributed by atoms with E-state index in [4.69, 9.17) is 0 Å². The van der Waals surface area contributed by atoms with Crippen LogP contribution in [0, 0.1) is 0 Å². The minimum Gasteiger partial charge on any atom is -0.363 e. The number of rotatable bonds is 2. The van der Waals surface area contributed by atoms with E-state index in [-0.39, 0.29) is 11.8 Å². The minimum atomic E-state index is -0.274. The van der Waals surface area contributed by atoms with Gasteiger partial charge in [-0.1, -0.05) is 100 Å². The van der Waals surface area contributed by atoms with E-state index in [0.29, 0.717) is 16.8 Å². The lowest BCUT2D eigenvalue weighted by Crippen LogP contribution is -2.40. The van der Waals surface area contributed by atoms with Gasteiger partial charge in [-0.3, -0.25) is 9.59 Å². The van der Waals surface area contributed by atoms with Gasteiger partial charge in [-0.05, 0) is 85.2 Å². The normalized spacial score (nSPS) is 13.7. The van der Waals surface area contributed by atoms with Gasteiger partial charge < -0.3 is 4.90 Å². The van der Waals surface area contributed by atoms with E-state index >= 15 is 0 Å². The number of imide groups is 1. The van der Waals surface area contributed by atoms with Crippen molar-refractivity contribution in [3.63, 3.8) is 0 Å². The first-order valence-corrected chi connectivity index (χ1v) is 15.6. The Bertz CT molecular complexity index is 2090. The summed E-state index contributed by atoms with van der Waals surface area (Å²) in [6.45, 7) is 9.71. The third kappa shape index (κ3) is 3.84. The lowest BCUT2D eigenvalue weighted by Gasteiger charge is -2.32. The van der Waals surface area contributed by atoms with Crippen LogP contribution in [0.3, 0.4) is 0 Å². The maximum absolute atomic E-state index is 13.8. The number of hydrogen-bond donors (Lipinski definition) is 0. The number of amides is 2. The molecule has 2 aliphatic rings. The third-order valence-corrected chi connectivity index (χ3v) is 8.80. The molecule has 0 N–H and O–H groups in total. The molecule has 2 amide bonds. The van der Waals surface area contributed by atoms with E-state index in [1.807, 2.05) is 58.0 Å². The lowest BCUT2D eigenvalue weighted by atomic mass is 9.82. The van der Waals surface area contributed by atoms with Crippen LogP contribution >= 0.6 is 0 Å². The maximum atomic E-state index is 13.8. The average Bonchev–Trinajstić information content (AvgIpc) is 3.10. The second-order valence-corrected chi connectivity index (χ2v) is 10.8. The van der Waals surface area contributed by atoms with Crippen molar-refractivity contribution in [1.82, 2.24) is 0 Å². The second kappa shape index (κ2) is 10.8. The van der Waals surface area contributed by atoms with Crippen LogP contribution in [0.2, 0.25) is 0 Å². The molecule has 216 valence electrons. The fourth-order valence-corrected chi connectivity index (χ4v) is 7.09. The molecule has 0 spiro atoms. The standard InChI is InChI=1S/C36H22N2O2.2C2H6/c39-35-29-17-15-27-25-13-11-21-19-37(23-7-3-1-4-8-23)20-22-12-14-26(32(25)31(21)22)28-16-18-30(34(29)33(27)28)36(40)38(35)24-9-5-2-6-10-24;2*1-2/h1-18H,19-20H2;2*1-2H3. The number of nitrogens with zero attached hydrogens (tertiary/aromatic N) is 2. The van der Waals surface area contributed by atoms with Crippen molar-refractivity contribution < 1.29 is 9.59 Å². The van der Waals surface area contributed by atoms with Crippen LogP contribution < -0.4 is 9.80 Å². The first-order chi connectivity index (χ1) is 21.7. The fraction of sp³-hybridized carbons (Fsp3) is 0.150. The van der Waals surface area contributed by atoms with Gasteiger partial charge >= 0.3 is 0 Å². The van der Waals surface area contributed by atoms with Gasteiger partial charge in [-0.15, -0.1) is 0 Å². The Morgan fingerprint density at radius 2 is 0.841 bits per heavy atom. The van der Waals surface area contributed by atoms with Gasteiger partial charge in [-0.2, -0.15) is 0 Å². The monoisotopic (exact) mass is 574 g/mol. The molecule has 7 aromatic rings. The molecule has 2 heterocycles. The minimum absolute atomic E-state index is 0.274. The molecule has 0 aliphatic carbocycles. The molecule has 0 atom stereocenters. The molecule has 0 bridgehead atoms. The summed E-state index contributed by atoms with van der Waals surface area (Å²) in [5.41, 5.74) is 5.61. The van der Waals surface area contributed by atoms with Crippen molar-refractivity contribution in [2.75, 3.05) is 9.80 Å². The van der Waals surface area contributed by atoms with Crippen molar-refractivity contribution >= 4 is 66.3 Å². The molecular weight excluding hydrogens is 540 g/mol. The molecular formula is C40H34N2O2. The SMILES string of the molecule is CC.CC.O=C1c2ccc3c4ccc5c6c(ccc(c7ccc(c2c37)C(=O)N1c1ccccc1)c64)CN(c1ccccc1)C5. The maximum Gasteiger partial charge on any atom is 0.265 e. The highest BCUT2D eigenvalue weighted by Crippen LogP contribution is 2.46. The number of benzene rings is 7. The third-order valence-electron chi connectivity index (χ3n) is 8.80. The van der Waals surface area contributed by atoms with Crippen molar-refractivity contribution in [3.05, 3.63) is 131 Å². The quantitative estimate of drug-likeness (QED) is 0.117. The zero-order valence-electron chi connectivity index (χ0n) is 25.5. The van der Waals surface area contributed by atoms with Gasteiger partial charge in [0, 0.05) is 35.3 Å². The zero-order valence-corrected chi connectivity index (χ0v) is 25.5. The Hall–Kier alpha value is -5.22. The average molecular weight is 575 g/mol. The summed E-state index contributed by atoms with van der Waals surface area (Å²) in [4.78, 5) is 31.3. The van der Waals surface area contributed by atoms with Gasteiger partial charge in [0.25, 0.3) is 11.8 Å². The zero-order chi connectivity index (χ0) is 30.5. The molecule has 7 aromatic carbocycles. The van der Waals surface area contributed by atoms with Crippen molar-refractivity contribution in [2.45, 2.75) is 40.8 Å². The number of carbonyl (C=O) groups is 2. The molecule has 9 rings (SSSR count). The molecule has 0 fully saturated rings. The van der Waals surface area contributed by atoms with Crippen LogP contribution in [0.15, 0.2) is 109 Å². The molecule has 0 aromatic heterocycles. The van der Waals surface area contributed by atoms with Crippen molar-refractivity contribution in [2.24, 2.45) is 0 Å². The molecule has 44 heavy (non-hydrogen) atoms. The largest absolute Gasteiger partial charge is 0.363 e. The van der Waals surface area contributed by atoms with Crippen molar-refractivity contribution in [1.29, 1.82) is 0 Å². The Balaban J connectivity index is 0.000000753. The van der Waals surface area contributed by atoms with E-state index in [2.05, 4.69) is 71.6 Å². The summed E-state index contributed by atoms with van der Waals surface area (Å²) in [5, 5.41) is 8.90. The van der Waals surface area contributed by atoms with E-state index < -0.39 is 0 Å². The van der Waals surface area contributed by atoms with Crippen LogP contribution in [0.1, 0.15) is 59.5 Å². The topological polar surface area (TPSA) is 40.6 Å². The Morgan fingerprint density at radius 1 is 0.432 bits per heavy atom. The summed E-state index contributed by atoms with van der Waals surface area (Å²) in [6.07, 6.45) is 0. The molecule has 0 radical (unpaired) electrons. The van der Waals surface area contributed by atoms with Crippen LogP contribution in [-0.4, -0.2) is 11.8 Å². The highest BCUT2D eigenvalue weighted by molar-refractivity contribution is 6.42. The molecule has 0 saturated carbocycles. The lowest BCUT2D eigenvalue weighted by molar-refractivity contribution is 0.0893. The van der Waals surface area contributed by atoms with E-state index in [1.54, 1.807) is 12.1 Å². The van der Waals surface area contributed by atoms with Crippen molar-refractivity contribution in [3.8, 4) is 0 Å². The number of fused-ring (bicyclic) bond motifs is 2. The second-order valence-electron chi connectivity index (χ2n) is 10.8. The van der Waals surface area contributed by atoms with Crippen LogP contribution in [-0.2, 0) is 13.1 Å². The van der Waals surface area contributed by atoms with Crippen LogP contribution in [0.25, 0.3) is 43.1 Å². The predicted molar refractivity (Wildman–Crippen MR) is 184 cm³/mol. The summed E-state index contributed by atoms with van der Waals surface area (Å²) in [6, 6.07) is 36.7. The molecule has 4 nitrogen and oxygen atoms in total. The first-order valence-electron chi connectivity index (χ1n) is 15.6. The van der Waals surface area contributed by atoms with Crippen LogP contribution in [0.5, 0.6) is 0 Å². The highest BCUT2D eigenvalue weighted by Gasteiger charge is 2.35.